The van der Waals surface area contributed by atoms with Crippen LogP contribution in [-0.2, 0) is 0 Å². The van der Waals surface area contributed by atoms with Crippen LogP contribution in [0.5, 0.6) is 0 Å². The molecule has 3 N–H and O–H groups in total. The van der Waals surface area contributed by atoms with E-state index in [4.69, 9.17) is 5.73 Å². The molecule has 0 radical (unpaired) electrons. The Kier molecular flexibility index (Phi) is 3.17. The van der Waals surface area contributed by atoms with Crippen LogP contribution in [0.2, 0.25) is 0 Å². The molecule has 0 aromatic heterocycles. The first kappa shape index (κ1) is 13.3. The van der Waals surface area contributed by atoms with Crippen molar-refractivity contribution in [3.8, 4) is 0 Å². The number of carbonyl (C=O) groups is 1. The molecule has 0 bridgehead atoms. The van der Waals surface area contributed by atoms with Crippen molar-refractivity contribution < 1.29 is 9.90 Å². The van der Waals surface area contributed by atoms with Gasteiger partial charge in [-0.15, -0.1) is 0 Å². The molecule has 0 spiro atoms. The van der Waals surface area contributed by atoms with Crippen LogP contribution in [0.1, 0.15) is 10.4 Å². The lowest BCUT2D eigenvalue weighted by atomic mass is 10.1. The Bertz CT molecular complexity index is 700. The van der Waals surface area contributed by atoms with E-state index in [1.54, 1.807) is 6.07 Å². The number of rotatable bonds is 2. The second-order valence-corrected chi connectivity index (χ2v) is 5.11. The number of hydrogen-bond acceptors (Lipinski definition) is 4. The van der Waals surface area contributed by atoms with Crippen molar-refractivity contribution in [2.75, 3.05) is 35.7 Å². The summed E-state index contributed by atoms with van der Waals surface area (Å²) >= 11 is 0. The van der Waals surface area contributed by atoms with Crippen LogP contribution >= 0.6 is 0 Å². The predicted octanol–water partition coefficient (Wildman–Crippen LogP) is 2.55. The van der Waals surface area contributed by atoms with Gasteiger partial charge in [-0.2, -0.15) is 0 Å². The van der Waals surface area contributed by atoms with Crippen molar-refractivity contribution in [1.29, 1.82) is 0 Å². The molecule has 0 aliphatic carbocycles. The molecule has 1 heterocycles. The number of nitrogens with two attached hydrogens (primary N) is 1. The summed E-state index contributed by atoms with van der Waals surface area (Å²) in [5, 5.41) is 9.22. The number of aromatic carboxylic acids is 1. The molecule has 0 unspecified atom stereocenters. The highest BCUT2D eigenvalue weighted by atomic mass is 16.4. The number of carboxylic acid groups (broad SMARTS) is 1. The molecule has 108 valence electrons. The Labute approximate surface area is 123 Å². The van der Waals surface area contributed by atoms with E-state index in [0.29, 0.717) is 5.69 Å². The van der Waals surface area contributed by atoms with Gasteiger partial charge in [-0.1, -0.05) is 18.2 Å². The summed E-state index contributed by atoms with van der Waals surface area (Å²) in [5.74, 6) is -1.00. The maximum atomic E-state index is 11.2. The van der Waals surface area contributed by atoms with Gasteiger partial charge in [0.25, 0.3) is 0 Å². The summed E-state index contributed by atoms with van der Waals surface area (Å²) in [6.07, 6.45) is 0. The Morgan fingerprint density at radius 1 is 1.05 bits per heavy atom. The number of benzene rings is 2. The lowest BCUT2D eigenvalue weighted by Crippen LogP contribution is -2.36. The third-order valence-electron chi connectivity index (χ3n) is 3.85. The van der Waals surface area contributed by atoms with Crippen molar-refractivity contribution in [3.63, 3.8) is 0 Å². The van der Waals surface area contributed by atoms with Gasteiger partial charge in [-0.05, 0) is 24.3 Å². The summed E-state index contributed by atoms with van der Waals surface area (Å²) in [4.78, 5) is 15.5. The van der Waals surface area contributed by atoms with Crippen molar-refractivity contribution in [3.05, 3.63) is 48.0 Å². The first-order valence-corrected chi connectivity index (χ1v) is 6.79. The number of anilines is 4. The van der Waals surface area contributed by atoms with Gasteiger partial charge in [0.05, 0.1) is 28.3 Å². The van der Waals surface area contributed by atoms with E-state index in [0.717, 1.165) is 30.2 Å². The van der Waals surface area contributed by atoms with Crippen LogP contribution < -0.4 is 15.5 Å². The van der Waals surface area contributed by atoms with Gasteiger partial charge >= 0.3 is 5.97 Å². The van der Waals surface area contributed by atoms with Gasteiger partial charge in [-0.3, -0.25) is 0 Å². The highest BCUT2D eigenvalue weighted by molar-refractivity contribution is 5.98. The van der Waals surface area contributed by atoms with E-state index in [1.807, 2.05) is 31.3 Å². The number of para-hydroxylation sites is 3. The molecule has 1 aliphatic heterocycles. The number of fused-ring (bicyclic) bond motifs is 1. The maximum absolute atomic E-state index is 11.2. The lowest BCUT2D eigenvalue weighted by Gasteiger charge is -2.37. The number of carboxylic acids is 1. The average Bonchev–Trinajstić information content (AvgIpc) is 2.48. The molecule has 2 aromatic rings. The van der Waals surface area contributed by atoms with Crippen molar-refractivity contribution in [2.24, 2.45) is 0 Å². The topological polar surface area (TPSA) is 69.8 Å². The minimum Gasteiger partial charge on any atom is -0.478 e. The fourth-order valence-corrected chi connectivity index (χ4v) is 2.73. The fraction of sp³-hybridized carbons (Fsp3) is 0.188. The van der Waals surface area contributed by atoms with Crippen LogP contribution in [0.15, 0.2) is 42.5 Å². The monoisotopic (exact) mass is 283 g/mol. The quantitative estimate of drug-likeness (QED) is 0.829. The molecule has 0 fully saturated rings. The molecule has 0 saturated heterocycles. The van der Waals surface area contributed by atoms with Crippen LogP contribution in [-0.4, -0.2) is 31.2 Å². The summed E-state index contributed by atoms with van der Waals surface area (Å²) in [5.41, 5.74) is 9.43. The van der Waals surface area contributed by atoms with Gasteiger partial charge in [0, 0.05) is 20.1 Å². The molecule has 0 amide bonds. The van der Waals surface area contributed by atoms with Crippen LogP contribution in [0.4, 0.5) is 22.7 Å². The summed E-state index contributed by atoms with van der Waals surface area (Å²) in [6, 6.07) is 13.2. The van der Waals surface area contributed by atoms with Crippen LogP contribution in [0, 0.1) is 0 Å². The van der Waals surface area contributed by atoms with Crippen LogP contribution in [0.25, 0.3) is 0 Å². The van der Waals surface area contributed by atoms with E-state index in [-0.39, 0.29) is 5.56 Å². The minimum atomic E-state index is -1.00. The summed E-state index contributed by atoms with van der Waals surface area (Å²) in [6.45, 7) is 1.62. The Hall–Kier alpha value is -2.69. The van der Waals surface area contributed by atoms with Crippen molar-refractivity contribution in [1.82, 2.24) is 0 Å². The van der Waals surface area contributed by atoms with E-state index >= 15 is 0 Å². The van der Waals surface area contributed by atoms with Gasteiger partial charge in [0.1, 0.15) is 0 Å². The van der Waals surface area contributed by atoms with Crippen LogP contribution in [0.3, 0.4) is 0 Å². The molecular weight excluding hydrogens is 266 g/mol. The summed E-state index contributed by atoms with van der Waals surface area (Å²) < 4.78 is 0. The average molecular weight is 283 g/mol. The molecule has 2 aromatic carbocycles. The molecular formula is C16H17N3O2. The largest absolute Gasteiger partial charge is 0.478 e. The number of nitrogens with zero attached hydrogens (tertiary/aromatic N) is 2. The van der Waals surface area contributed by atoms with Crippen molar-refractivity contribution >= 4 is 28.7 Å². The zero-order valence-electron chi connectivity index (χ0n) is 11.8. The second-order valence-electron chi connectivity index (χ2n) is 5.11. The van der Waals surface area contributed by atoms with Gasteiger partial charge < -0.3 is 20.6 Å². The van der Waals surface area contributed by atoms with Crippen molar-refractivity contribution in [2.45, 2.75) is 0 Å². The smallest absolute Gasteiger partial charge is 0.337 e. The SMILES string of the molecule is CN1CCN(c2cccc(C(=O)O)c2N)c2ccccc21. The molecule has 0 saturated carbocycles. The van der Waals surface area contributed by atoms with Gasteiger partial charge in [0.15, 0.2) is 0 Å². The molecule has 5 heteroatoms. The molecule has 0 atom stereocenters. The third-order valence-corrected chi connectivity index (χ3v) is 3.85. The molecule has 1 aliphatic rings. The Morgan fingerprint density at radius 2 is 1.71 bits per heavy atom. The fourth-order valence-electron chi connectivity index (χ4n) is 2.73. The van der Waals surface area contributed by atoms with E-state index in [2.05, 4.69) is 15.9 Å². The Balaban J connectivity index is 2.12. The predicted molar refractivity (Wildman–Crippen MR) is 84.5 cm³/mol. The van der Waals surface area contributed by atoms with Gasteiger partial charge in [0.2, 0.25) is 0 Å². The zero-order valence-corrected chi connectivity index (χ0v) is 11.8. The minimum absolute atomic E-state index is 0.143. The molecule has 3 rings (SSSR count). The maximum Gasteiger partial charge on any atom is 0.337 e. The molecule has 5 nitrogen and oxygen atoms in total. The lowest BCUT2D eigenvalue weighted by molar-refractivity contribution is 0.0698. The first-order chi connectivity index (χ1) is 10.1. The summed E-state index contributed by atoms with van der Waals surface area (Å²) in [7, 11) is 2.05. The van der Waals surface area contributed by atoms with E-state index in [1.165, 1.54) is 6.07 Å². The van der Waals surface area contributed by atoms with E-state index in [9.17, 15) is 9.90 Å². The number of nitrogen functional groups attached to an aromatic ring is 1. The number of likely N-dealkylation sites (N-methyl/N-ethyl adjacent to an activating group) is 1. The first-order valence-electron chi connectivity index (χ1n) is 6.79. The second kappa shape index (κ2) is 5.01. The third kappa shape index (κ3) is 2.16. The van der Waals surface area contributed by atoms with E-state index < -0.39 is 5.97 Å². The highest BCUT2D eigenvalue weighted by Crippen LogP contribution is 2.39. The standard InChI is InChI=1S/C16H17N3O2/c1-18-9-10-19(13-7-3-2-6-12(13)18)14-8-4-5-11(15(14)17)16(20)21/h2-8H,9-10,17H2,1H3,(H,20,21). The Morgan fingerprint density at radius 3 is 2.43 bits per heavy atom. The highest BCUT2D eigenvalue weighted by Gasteiger charge is 2.23. The zero-order chi connectivity index (χ0) is 15.0. The number of hydrogen-bond donors (Lipinski definition) is 2. The van der Waals surface area contributed by atoms with Gasteiger partial charge in [-0.25, -0.2) is 4.79 Å². The normalized spacial score (nSPS) is 14.0. The molecule has 21 heavy (non-hydrogen) atoms.